The number of rotatable bonds is 1. The Kier molecular flexibility index (Phi) is 3.30. The molecule has 0 saturated carbocycles. The Bertz CT molecular complexity index is 628. The van der Waals surface area contributed by atoms with Crippen molar-refractivity contribution in [2.75, 3.05) is 11.6 Å². The van der Waals surface area contributed by atoms with E-state index in [1.54, 1.807) is 6.07 Å². The van der Waals surface area contributed by atoms with Crippen molar-refractivity contribution in [3.63, 3.8) is 0 Å². The van der Waals surface area contributed by atoms with E-state index < -0.39 is 0 Å². The summed E-state index contributed by atoms with van der Waals surface area (Å²) >= 11 is 3.32. The normalized spacial score (nSPS) is 11.8. The van der Waals surface area contributed by atoms with E-state index in [4.69, 9.17) is 11.6 Å². The molecule has 1 aromatic heterocycles. The Balaban J connectivity index is 2.64. The zero-order valence-corrected chi connectivity index (χ0v) is 12.6. The first-order valence-electron chi connectivity index (χ1n) is 5.81. The number of nitrogens with two attached hydrogens (primary N) is 2. The van der Waals surface area contributed by atoms with Crippen LogP contribution < -0.4 is 11.6 Å². The van der Waals surface area contributed by atoms with Crippen molar-refractivity contribution >= 4 is 21.7 Å². The van der Waals surface area contributed by atoms with E-state index in [1.165, 1.54) is 16.8 Å². The SMILES string of the molecule is CC(C)(C)c1nc(-c2ccc(F)cc2Br)c(N)n1N. The average molecular weight is 327 g/mol. The predicted molar refractivity (Wildman–Crippen MR) is 78.6 cm³/mol. The van der Waals surface area contributed by atoms with Crippen LogP contribution in [0, 0.1) is 5.82 Å². The Morgan fingerprint density at radius 1 is 1.32 bits per heavy atom. The van der Waals surface area contributed by atoms with Crippen LogP contribution in [0.4, 0.5) is 10.2 Å². The number of hydrogen-bond donors (Lipinski definition) is 2. The van der Waals surface area contributed by atoms with Gasteiger partial charge in [0.05, 0.1) is 0 Å². The molecule has 1 heterocycles. The molecule has 0 aliphatic carbocycles. The molecule has 0 spiro atoms. The van der Waals surface area contributed by atoms with Crippen molar-refractivity contribution in [1.82, 2.24) is 9.66 Å². The molecule has 1 aromatic carbocycles. The molecular weight excluding hydrogens is 311 g/mol. The molecule has 4 nitrogen and oxygen atoms in total. The number of hydrogen-bond acceptors (Lipinski definition) is 3. The number of benzene rings is 1. The molecule has 0 atom stereocenters. The molecule has 19 heavy (non-hydrogen) atoms. The molecule has 6 heteroatoms. The molecule has 0 radical (unpaired) electrons. The third-order valence-corrected chi connectivity index (χ3v) is 3.46. The molecule has 0 aliphatic heterocycles. The van der Waals surface area contributed by atoms with E-state index in [9.17, 15) is 4.39 Å². The third-order valence-electron chi connectivity index (χ3n) is 2.81. The van der Waals surface area contributed by atoms with Gasteiger partial charge >= 0.3 is 0 Å². The fraction of sp³-hybridized carbons (Fsp3) is 0.308. The Labute approximate surface area is 119 Å². The standard InChI is InChI=1S/C13H16BrFN4/c1-13(2,3)12-18-10(11(16)19(12)17)8-5-4-7(15)6-9(8)14/h4-6H,16-17H2,1-3H3. The van der Waals surface area contributed by atoms with Crippen LogP contribution in [0.25, 0.3) is 11.3 Å². The number of anilines is 1. The second-order valence-corrected chi connectivity index (χ2v) is 6.27. The van der Waals surface area contributed by atoms with Crippen LogP contribution in [0.5, 0.6) is 0 Å². The summed E-state index contributed by atoms with van der Waals surface area (Å²) in [5.74, 6) is 6.66. The summed E-state index contributed by atoms with van der Waals surface area (Å²) in [6.45, 7) is 6.00. The summed E-state index contributed by atoms with van der Waals surface area (Å²) in [4.78, 5) is 4.50. The number of imidazole rings is 1. The minimum atomic E-state index is -0.322. The van der Waals surface area contributed by atoms with Gasteiger partial charge in [0.25, 0.3) is 0 Å². The molecule has 0 saturated heterocycles. The van der Waals surface area contributed by atoms with Crippen LogP contribution in [0.3, 0.4) is 0 Å². The molecule has 0 aliphatic rings. The average Bonchev–Trinajstić information content (AvgIpc) is 2.56. The second-order valence-electron chi connectivity index (χ2n) is 5.41. The van der Waals surface area contributed by atoms with Gasteiger partial charge in [-0.2, -0.15) is 0 Å². The van der Waals surface area contributed by atoms with Gasteiger partial charge in [0, 0.05) is 15.5 Å². The lowest BCUT2D eigenvalue weighted by Gasteiger charge is -2.17. The van der Waals surface area contributed by atoms with Gasteiger partial charge in [-0.1, -0.05) is 20.8 Å². The quantitative estimate of drug-likeness (QED) is 0.791. The highest BCUT2D eigenvalue weighted by molar-refractivity contribution is 9.10. The van der Waals surface area contributed by atoms with Crippen LogP contribution in [-0.4, -0.2) is 9.66 Å². The second kappa shape index (κ2) is 4.52. The van der Waals surface area contributed by atoms with E-state index in [1.807, 2.05) is 20.8 Å². The molecule has 0 fully saturated rings. The molecule has 102 valence electrons. The Morgan fingerprint density at radius 3 is 2.42 bits per heavy atom. The smallest absolute Gasteiger partial charge is 0.150 e. The Morgan fingerprint density at radius 2 is 1.95 bits per heavy atom. The van der Waals surface area contributed by atoms with E-state index >= 15 is 0 Å². The van der Waals surface area contributed by atoms with Crippen LogP contribution in [-0.2, 0) is 5.41 Å². The molecule has 0 unspecified atom stereocenters. The molecule has 0 amide bonds. The van der Waals surface area contributed by atoms with Crippen molar-refractivity contribution in [2.45, 2.75) is 26.2 Å². The largest absolute Gasteiger partial charge is 0.382 e. The van der Waals surface area contributed by atoms with Crippen molar-refractivity contribution in [1.29, 1.82) is 0 Å². The summed E-state index contributed by atoms with van der Waals surface area (Å²) in [5, 5.41) is 0. The maximum Gasteiger partial charge on any atom is 0.150 e. The maximum absolute atomic E-state index is 13.1. The van der Waals surface area contributed by atoms with Crippen molar-refractivity contribution < 1.29 is 4.39 Å². The zero-order chi connectivity index (χ0) is 14.4. The molecule has 4 N–H and O–H groups in total. The maximum atomic E-state index is 13.1. The number of aromatic nitrogens is 2. The van der Waals surface area contributed by atoms with Gasteiger partial charge in [-0.05, 0) is 34.1 Å². The van der Waals surface area contributed by atoms with Gasteiger partial charge in [0.1, 0.15) is 17.3 Å². The van der Waals surface area contributed by atoms with Crippen LogP contribution >= 0.6 is 15.9 Å². The summed E-state index contributed by atoms with van der Waals surface area (Å²) < 4.78 is 15.1. The highest BCUT2D eigenvalue weighted by Gasteiger charge is 2.25. The first kappa shape index (κ1) is 13.9. The van der Waals surface area contributed by atoms with Crippen LogP contribution in [0.2, 0.25) is 0 Å². The van der Waals surface area contributed by atoms with Gasteiger partial charge in [0.2, 0.25) is 0 Å². The zero-order valence-electron chi connectivity index (χ0n) is 11.0. The lowest BCUT2D eigenvalue weighted by molar-refractivity contribution is 0.532. The first-order valence-corrected chi connectivity index (χ1v) is 6.60. The van der Waals surface area contributed by atoms with E-state index in [-0.39, 0.29) is 11.2 Å². The number of halogens is 2. The predicted octanol–water partition coefficient (Wildman–Crippen LogP) is 3.05. The minimum absolute atomic E-state index is 0.229. The van der Waals surface area contributed by atoms with E-state index in [0.29, 0.717) is 27.4 Å². The highest BCUT2D eigenvalue weighted by atomic mass is 79.9. The summed E-state index contributed by atoms with van der Waals surface area (Å²) in [6.07, 6.45) is 0. The van der Waals surface area contributed by atoms with Crippen LogP contribution in [0.15, 0.2) is 22.7 Å². The lowest BCUT2D eigenvalue weighted by Crippen LogP contribution is -2.24. The highest BCUT2D eigenvalue weighted by Crippen LogP contribution is 2.34. The van der Waals surface area contributed by atoms with Gasteiger partial charge in [0.15, 0.2) is 5.82 Å². The van der Waals surface area contributed by atoms with Crippen molar-refractivity contribution in [3.8, 4) is 11.3 Å². The van der Waals surface area contributed by atoms with Gasteiger partial charge in [-0.3, -0.25) is 0 Å². The molecular formula is C13H16BrFN4. The van der Waals surface area contributed by atoms with Gasteiger partial charge in [-0.15, -0.1) is 0 Å². The lowest BCUT2D eigenvalue weighted by atomic mass is 9.96. The third kappa shape index (κ3) is 2.45. The minimum Gasteiger partial charge on any atom is -0.382 e. The molecule has 2 aromatic rings. The summed E-state index contributed by atoms with van der Waals surface area (Å²) in [7, 11) is 0. The van der Waals surface area contributed by atoms with Gasteiger partial charge < -0.3 is 11.6 Å². The van der Waals surface area contributed by atoms with Crippen LogP contribution in [0.1, 0.15) is 26.6 Å². The fourth-order valence-corrected chi connectivity index (χ4v) is 2.39. The molecule has 2 rings (SSSR count). The van der Waals surface area contributed by atoms with Gasteiger partial charge in [-0.25, -0.2) is 14.1 Å². The monoisotopic (exact) mass is 326 g/mol. The number of nitrogens with zero attached hydrogens (tertiary/aromatic N) is 2. The summed E-state index contributed by atoms with van der Waals surface area (Å²) in [6, 6.07) is 4.37. The van der Waals surface area contributed by atoms with E-state index in [2.05, 4.69) is 20.9 Å². The topological polar surface area (TPSA) is 69.9 Å². The molecule has 0 bridgehead atoms. The first-order chi connectivity index (χ1) is 8.71. The number of nitrogen functional groups attached to an aromatic ring is 2. The van der Waals surface area contributed by atoms with Crippen molar-refractivity contribution in [3.05, 3.63) is 34.3 Å². The summed E-state index contributed by atoms with van der Waals surface area (Å²) in [5.41, 5.74) is 7.04. The fourth-order valence-electron chi connectivity index (χ4n) is 1.85. The van der Waals surface area contributed by atoms with Crippen molar-refractivity contribution in [2.24, 2.45) is 0 Å². The Hall–Kier alpha value is -1.56. The van der Waals surface area contributed by atoms with E-state index in [0.717, 1.165) is 0 Å².